The van der Waals surface area contributed by atoms with Gasteiger partial charge in [-0.25, -0.2) is 9.67 Å². The summed E-state index contributed by atoms with van der Waals surface area (Å²) in [5.41, 5.74) is 5.74. The van der Waals surface area contributed by atoms with E-state index in [-0.39, 0.29) is 28.4 Å². The zero-order valence-corrected chi connectivity index (χ0v) is 21.6. The van der Waals surface area contributed by atoms with Gasteiger partial charge in [0.15, 0.2) is 5.82 Å². The molecule has 2 unspecified atom stereocenters. The van der Waals surface area contributed by atoms with E-state index in [9.17, 15) is 4.79 Å². The molecule has 0 spiro atoms. The summed E-state index contributed by atoms with van der Waals surface area (Å²) in [5, 5.41) is 5.82. The Kier molecular flexibility index (Phi) is 5.36. The highest BCUT2D eigenvalue weighted by molar-refractivity contribution is 6.31. The first-order valence-electron chi connectivity index (χ1n) is 12.0. The number of ketones is 1. The van der Waals surface area contributed by atoms with E-state index in [1.54, 1.807) is 0 Å². The first kappa shape index (κ1) is 23.0. The summed E-state index contributed by atoms with van der Waals surface area (Å²) >= 11 is 6.79. The van der Waals surface area contributed by atoms with Gasteiger partial charge in [0.05, 0.1) is 17.3 Å². The molecule has 2 aromatic carbocycles. The zero-order valence-electron chi connectivity index (χ0n) is 20.8. The van der Waals surface area contributed by atoms with E-state index in [2.05, 4.69) is 71.9 Å². The van der Waals surface area contributed by atoms with Crippen molar-refractivity contribution in [1.82, 2.24) is 9.78 Å². The van der Waals surface area contributed by atoms with Crippen molar-refractivity contribution in [2.75, 3.05) is 0 Å². The van der Waals surface area contributed by atoms with Gasteiger partial charge in [-0.15, -0.1) is 0 Å². The molecule has 1 aliphatic carbocycles. The van der Waals surface area contributed by atoms with Crippen molar-refractivity contribution in [3.8, 4) is 5.69 Å². The van der Waals surface area contributed by atoms with Crippen LogP contribution < -0.4 is 0 Å². The fourth-order valence-electron chi connectivity index (χ4n) is 5.52. The molecule has 4 nitrogen and oxygen atoms in total. The van der Waals surface area contributed by atoms with Gasteiger partial charge in [-0.1, -0.05) is 82.1 Å². The van der Waals surface area contributed by atoms with Crippen molar-refractivity contribution in [3.05, 3.63) is 75.9 Å². The molecule has 34 heavy (non-hydrogen) atoms. The predicted octanol–water partition coefficient (Wildman–Crippen LogP) is 7.35. The molecule has 1 aliphatic heterocycles. The van der Waals surface area contributed by atoms with Gasteiger partial charge >= 0.3 is 0 Å². The van der Waals surface area contributed by atoms with Gasteiger partial charge in [-0.2, -0.15) is 5.10 Å². The fourth-order valence-corrected chi connectivity index (χ4v) is 5.77. The Morgan fingerprint density at radius 3 is 2.32 bits per heavy atom. The van der Waals surface area contributed by atoms with Gasteiger partial charge in [-0.05, 0) is 42.5 Å². The Balaban J connectivity index is 1.85. The monoisotopic (exact) mass is 473 g/mol. The summed E-state index contributed by atoms with van der Waals surface area (Å²) in [6.07, 6.45) is 1.33. The number of aliphatic imine (C=N–C) groups is 1. The van der Waals surface area contributed by atoms with Crippen LogP contribution in [0, 0.1) is 18.3 Å². The van der Waals surface area contributed by atoms with Crippen LogP contribution in [0.3, 0.4) is 0 Å². The van der Waals surface area contributed by atoms with E-state index in [1.165, 1.54) is 5.56 Å². The Morgan fingerprint density at radius 2 is 1.68 bits per heavy atom. The van der Waals surface area contributed by atoms with Crippen molar-refractivity contribution in [3.63, 3.8) is 0 Å². The highest BCUT2D eigenvalue weighted by Crippen LogP contribution is 2.53. The van der Waals surface area contributed by atoms with Crippen molar-refractivity contribution in [1.29, 1.82) is 0 Å². The predicted molar refractivity (Wildman–Crippen MR) is 139 cm³/mol. The van der Waals surface area contributed by atoms with E-state index >= 15 is 0 Å². The smallest absolute Gasteiger partial charge is 0.159 e. The third-order valence-corrected chi connectivity index (χ3v) is 7.38. The van der Waals surface area contributed by atoms with Gasteiger partial charge in [0.2, 0.25) is 0 Å². The number of halogens is 1. The number of aryl methyl sites for hydroxylation is 1. The molecule has 0 amide bonds. The molecule has 2 atom stereocenters. The molecule has 0 N–H and O–H groups in total. The van der Waals surface area contributed by atoms with E-state index in [0.717, 1.165) is 40.5 Å². The van der Waals surface area contributed by atoms with Crippen LogP contribution in [0.1, 0.15) is 75.8 Å². The number of Topliss-reactive ketones (excluding diaryl/α,β-unsaturated/α-hetero) is 1. The van der Waals surface area contributed by atoms with Crippen molar-refractivity contribution >= 4 is 28.9 Å². The van der Waals surface area contributed by atoms with Gasteiger partial charge in [-0.3, -0.25) is 4.79 Å². The van der Waals surface area contributed by atoms with Crippen molar-refractivity contribution in [2.45, 2.75) is 65.7 Å². The summed E-state index contributed by atoms with van der Waals surface area (Å²) in [7, 11) is 0. The largest absolute Gasteiger partial charge is 0.299 e. The minimum Gasteiger partial charge on any atom is -0.299 e. The molecule has 0 bridgehead atoms. The fraction of sp³-hybridized carbons (Fsp3) is 0.414. The maximum absolute atomic E-state index is 13.7. The van der Waals surface area contributed by atoms with Crippen LogP contribution in [0.25, 0.3) is 5.69 Å². The average molecular weight is 474 g/mol. The Bertz CT molecular complexity index is 1310. The summed E-state index contributed by atoms with van der Waals surface area (Å²) in [4.78, 5) is 18.9. The van der Waals surface area contributed by atoms with E-state index in [1.807, 2.05) is 22.9 Å². The lowest BCUT2D eigenvalue weighted by atomic mass is 9.63. The lowest BCUT2D eigenvalue weighted by Gasteiger charge is -2.41. The molecule has 5 heteroatoms. The third kappa shape index (κ3) is 3.82. The minimum absolute atomic E-state index is 0.115. The SMILES string of the molecule is Cc1ccc(-n2nc(C(C)(C)C)c3c2N=C2CC(C)(C)CC(=O)C2C3c2ccccc2Cl)cc1. The lowest BCUT2D eigenvalue weighted by molar-refractivity contribution is -0.124. The van der Waals surface area contributed by atoms with Crippen LogP contribution in [-0.4, -0.2) is 21.3 Å². The normalized spacial score (nSPS) is 21.6. The molecule has 2 heterocycles. The van der Waals surface area contributed by atoms with Crippen molar-refractivity contribution < 1.29 is 4.79 Å². The van der Waals surface area contributed by atoms with Crippen LogP contribution in [-0.2, 0) is 10.2 Å². The second-order valence-electron chi connectivity index (χ2n) is 11.6. The first-order valence-corrected chi connectivity index (χ1v) is 12.4. The average Bonchev–Trinajstić information content (AvgIpc) is 3.12. The topological polar surface area (TPSA) is 47.2 Å². The zero-order chi connectivity index (χ0) is 24.4. The lowest BCUT2D eigenvalue weighted by Crippen LogP contribution is -2.43. The molecular weight excluding hydrogens is 442 g/mol. The second kappa shape index (κ2) is 7.91. The van der Waals surface area contributed by atoms with Crippen molar-refractivity contribution in [2.24, 2.45) is 16.3 Å². The number of hydrogen-bond donors (Lipinski definition) is 0. The van der Waals surface area contributed by atoms with Gasteiger partial charge in [0.25, 0.3) is 0 Å². The standard InChI is InChI=1S/C29H32ClN3O/c1-17-11-13-18(14-12-17)33-27-25(26(32-33)28(2,3)4)23(19-9-7-8-10-20(19)30)24-21(31-27)15-29(5,6)16-22(24)34/h7-14,23-24H,15-16H2,1-6H3. The quantitative estimate of drug-likeness (QED) is 0.390. The molecule has 3 aromatic rings. The summed E-state index contributed by atoms with van der Waals surface area (Å²) in [6, 6.07) is 16.3. The highest BCUT2D eigenvalue weighted by Gasteiger charge is 2.49. The second-order valence-corrected chi connectivity index (χ2v) is 12.1. The number of rotatable bonds is 2. The molecule has 0 radical (unpaired) electrons. The number of aromatic nitrogens is 2. The highest BCUT2D eigenvalue weighted by atomic mass is 35.5. The van der Waals surface area contributed by atoms with E-state index in [4.69, 9.17) is 21.7 Å². The summed E-state index contributed by atoms with van der Waals surface area (Å²) in [5.74, 6) is 0.564. The molecule has 5 rings (SSSR count). The Hall–Kier alpha value is -2.72. The molecule has 0 saturated heterocycles. The number of nitrogens with zero attached hydrogens (tertiary/aromatic N) is 3. The molecular formula is C29H32ClN3O. The molecule has 2 aliphatic rings. The minimum atomic E-state index is -0.308. The Morgan fingerprint density at radius 1 is 1.00 bits per heavy atom. The number of carbonyl (C=O) groups is 1. The number of fused-ring (bicyclic) bond motifs is 2. The first-order chi connectivity index (χ1) is 16.0. The third-order valence-electron chi connectivity index (χ3n) is 7.04. The van der Waals surface area contributed by atoms with Gasteiger partial charge in [0, 0.05) is 34.1 Å². The van der Waals surface area contributed by atoms with E-state index < -0.39 is 0 Å². The Labute approximate surface area is 207 Å². The van der Waals surface area contributed by atoms with Gasteiger partial charge < -0.3 is 0 Å². The van der Waals surface area contributed by atoms with Crippen LogP contribution in [0.15, 0.2) is 53.5 Å². The number of carbonyl (C=O) groups excluding carboxylic acids is 1. The van der Waals surface area contributed by atoms with E-state index in [0.29, 0.717) is 11.4 Å². The number of hydrogen-bond acceptors (Lipinski definition) is 3. The summed E-state index contributed by atoms with van der Waals surface area (Å²) in [6.45, 7) is 12.9. The molecule has 1 saturated carbocycles. The van der Waals surface area contributed by atoms with Crippen LogP contribution in [0.2, 0.25) is 5.02 Å². The van der Waals surface area contributed by atoms with Crippen LogP contribution >= 0.6 is 11.6 Å². The molecule has 1 aromatic heterocycles. The van der Waals surface area contributed by atoms with Crippen LogP contribution in [0.5, 0.6) is 0 Å². The number of benzene rings is 2. The summed E-state index contributed by atoms with van der Waals surface area (Å²) < 4.78 is 1.97. The molecule has 1 fully saturated rings. The maximum atomic E-state index is 13.7. The maximum Gasteiger partial charge on any atom is 0.159 e. The molecule has 176 valence electrons. The van der Waals surface area contributed by atoms with Gasteiger partial charge in [0.1, 0.15) is 5.78 Å². The van der Waals surface area contributed by atoms with Crippen LogP contribution in [0.4, 0.5) is 5.82 Å².